The van der Waals surface area contributed by atoms with Gasteiger partial charge in [-0.15, -0.1) is 0 Å². The highest BCUT2D eigenvalue weighted by atomic mass is 16.7. The number of aliphatic hydroxyl groups is 1. The number of nitrogens with zero attached hydrogens (tertiary/aromatic N) is 3. The molecule has 1 amide bonds. The highest BCUT2D eigenvalue weighted by Gasteiger charge is 2.35. The van der Waals surface area contributed by atoms with Crippen molar-refractivity contribution in [2.24, 2.45) is 0 Å². The number of fused-ring (bicyclic) bond motifs is 2. The van der Waals surface area contributed by atoms with E-state index in [4.69, 9.17) is 14.2 Å². The summed E-state index contributed by atoms with van der Waals surface area (Å²) in [6, 6.07) is 12.3. The molecule has 0 bridgehead atoms. The Balaban J connectivity index is 1.57. The van der Waals surface area contributed by atoms with Gasteiger partial charge in [0.25, 0.3) is 5.91 Å². The first-order valence-corrected chi connectivity index (χ1v) is 11.0. The maximum Gasteiger partial charge on any atom is 0.255 e. The molecule has 3 N–H and O–H groups in total. The van der Waals surface area contributed by atoms with Crippen molar-refractivity contribution in [2.45, 2.75) is 25.8 Å². The second-order valence-electron chi connectivity index (χ2n) is 7.96. The second-order valence-corrected chi connectivity index (χ2v) is 7.96. The van der Waals surface area contributed by atoms with Crippen LogP contribution in [0.5, 0.6) is 17.2 Å². The first-order chi connectivity index (χ1) is 16.6. The number of aliphatic hydroxyl groups excluding tert-OH is 1. The van der Waals surface area contributed by atoms with E-state index in [0.717, 1.165) is 5.56 Å². The van der Waals surface area contributed by atoms with Gasteiger partial charge in [0, 0.05) is 18.7 Å². The fourth-order valence-corrected chi connectivity index (χ4v) is 4.16. The van der Waals surface area contributed by atoms with Crippen LogP contribution in [0.4, 0.5) is 11.6 Å². The van der Waals surface area contributed by atoms with E-state index in [1.165, 1.54) is 0 Å². The number of benzene rings is 2. The maximum atomic E-state index is 13.6. The number of hydrogen-bond acceptors (Lipinski definition) is 8. The molecule has 10 heteroatoms. The van der Waals surface area contributed by atoms with E-state index in [0.29, 0.717) is 58.8 Å². The van der Waals surface area contributed by atoms with Crippen molar-refractivity contribution < 1.29 is 24.1 Å². The lowest BCUT2D eigenvalue weighted by atomic mass is 9.94. The summed E-state index contributed by atoms with van der Waals surface area (Å²) in [4.78, 5) is 18.2. The first-order valence-electron chi connectivity index (χ1n) is 11.0. The molecule has 0 unspecified atom stereocenters. The number of hydrogen-bond donors (Lipinski definition) is 3. The molecule has 2 aromatic carbocycles. The molecule has 3 aromatic rings. The van der Waals surface area contributed by atoms with Gasteiger partial charge in [-0.3, -0.25) is 4.79 Å². The van der Waals surface area contributed by atoms with Gasteiger partial charge >= 0.3 is 0 Å². The molecule has 34 heavy (non-hydrogen) atoms. The van der Waals surface area contributed by atoms with Gasteiger partial charge in [-0.2, -0.15) is 10.1 Å². The molecule has 2 aliphatic heterocycles. The first kappa shape index (κ1) is 21.8. The number of methoxy groups -OCH3 is 1. The Bertz CT molecular complexity index is 1270. The second kappa shape index (κ2) is 9.06. The lowest BCUT2D eigenvalue weighted by Gasteiger charge is -2.29. The van der Waals surface area contributed by atoms with Crippen LogP contribution in [0.15, 0.2) is 53.7 Å². The van der Waals surface area contributed by atoms with Crippen molar-refractivity contribution in [1.82, 2.24) is 14.8 Å². The number of anilines is 2. The van der Waals surface area contributed by atoms with Crippen LogP contribution in [0.2, 0.25) is 0 Å². The quantitative estimate of drug-likeness (QED) is 0.489. The largest absolute Gasteiger partial charge is 0.495 e. The van der Waals surface area contributed by atoms with Gasteiger partial charge in [0.05, 0.1) is 18.4 Å². The molecule has 0 saturated carbocycles. The van der Waals surface area contributed by atoms with Gasteiger partial charge in [0.1, 0.15) is 11.8 Å². The molecular formula is C24H25N5O5. The third-order valence-electron chi connectivity index (χ3n) is 5.77. The molecule has 1 aromatic heterocycles. The van der Waals surface area contributed by atoms with Gasteiger partial charge in [-0.25, -0.2) is 4.68 Å². The third-order valence-corrected chi connectivity index (χ3v) is 5.77. The predicted octanol–water partition coefficient (Wildman–Crippen LogP) is 2.87. The van der Waals surface area contributed by atoms with Crippen molar-refractivity contribution in [3.05, 3.63) is 65.1 Å². The zero-order chi connectivity index (χ0) is 23.7. The monoisotopic (exact) mass is 463 g/mol. The summed E-state index contributed by atoms with van der Waals surface area (Å²) in [6.07, 6.45) is 1.07. The molecule has 0 spiro atoms. The molecule has 176 valence electrons. The van der Waals surface area contributed by atoms with E-state index in [-0.39, 0.29) is 19.3 Å². The van der Waals surface area contributed by atoms with Crippen molar-refractivity contribution in [3.63, 3.8) is 0 Å². The molecule has 3 heterocycles. The normalized spacial score (nSPS) is 16.1. The number of aromatic nitrogens is 3. The SMILES string of the molecule is COc1ccccc1NC(=O)C1=C(C)Nc2nc(CCCO)nn2[C@@H]1c1ccc2c(c1)OCO2. The van der Waals surface area contributed by atoms with Crippen molar-refractivity contribution in [2.75, 3.05) is 31.1 Å². The highest BCUT2D eigenvalue weighted by Crippen LogP contribution is 2.40. The standard InChI is InChI=1S/C24H25N5O5/c1-14-21(23(31)26-16-6-3-4-7-17(16)32-2)22(15-9-10-18-19(12-15)34-13-33-18)29-24(25-14)27-20(28-29)8-5-11-30/h3-4,6-7,9-10,12,22,30H,5,8,11,13H2,1-2H3,(H,26,31)(H,25,27,28)/t22-/m1/s1. The number of rotatable bonds is 7. The maximum absolute atomic E-state index is 13.6. The number of carbonyl (C=O) groups is 1. The van der Waals surface area contributed by atoms with Crippen LogP contribution in [0, 0.1) is 0 Å². The molecule has 1 atom stereocenters. The Morgan fingerprint density at radius 1 is 1.26 bits per heavy atom. The van der Waals surface area contributed by atoms with Crippen LogP contribution in [0.25, 0.3) is 0 Å². The summed E-state index contributed by atoms with van der Waals surface area (Å²) in [7, 11) is 1.56. The van der Waals surface area contributed by atoms with Crippen LogP contribution in [-0.2, 0) is 11.2 Å². The topological polar surface area (TPSA) is 120 Å². The van der Waals surface area contributed by atoms with E-state index in [9.17, 15) is 9.90 Å². The predicted molar refractivity (Wildman–Crippen MR) is 124 cm³/mol. The number of ether oxygens (including phenoxy) is 3. The Morgan fingerprint density at radius 3 is 2.91 bits per heavy atom. The lowest BCUT2D eigenvalue weighted by Crippen LogP contribution is -2.31. The molecule has 5 rings (SSSR count). The molecule has 0 radical (unpaired) electrons. The third kappa shape index (κ3) is 3.92. The Morgan fingerprint density at radius 2 is 2.09 bits per heavy atom. The van der Waals surface area contributed by atoms with E-state index in [2.05, 4.69) is 20.7 Å². The fourth-order valence-electron chi connectivity index (χ4n) is 4.16. The summed E-state index contributed by atoms with van der Waals surface area (Å²) in [6.45, 7) is 2.04. The minimum absolute atomic E-state index is 0.0483. The number of aryl methyl sites for hydroxylation is 1. The van der Waals surface area contributed by atoms with Crippen LogP contribution < -0.4 is 24.8 Å². The highest BCUT2D eigenvalue weighted by molar-refractivity contribution is 6.06. The van der Waals surface area contributed by atoms with Crippen molar-refractivity contribution in [3.8, 4) is 17.2 Å². The molecule has 10 nitrogen and oxygen atoms in total. The summed E-state index contributed by atoms with van der Waals surface area (Å²) in [5.41, 5.74) is 2.50. The smallest absolute Gasteiger partial charge is 0.255 e. The van der Waals surface area contributed by atoms with E-state index in [1.54, 1.807) is 23.9 Å². The van der Waals surface area contributed by atoms with Crippen LogP contribution in [0.3, 0.4) is 0 Å². The zero-order valence-corrected chi connectivity index (χ0v) is 18.9. The van der Waals surface area contributed by atoms with Crippen molar-refractivity contribution >= 4 is 17.5 Å². The van der Waals surface area contributed by atoms with Crippen LogP contribution in [-0.4, -0.2) is 46.3 Å². The number of amides is 1. The minimum atomic E-state index is -0.559. The van der Waals surface area contributed by atoms with Crippen LogP contribution in [0.1, 0.15) is 30.8 Å². The Kier molecular flexibility index (Phi) is 5.81. The molecule has 0 fully saturated rings. The molecule has 0 saturated heterocycles. The number of nitrogens with one attached hydrogen (secondary N) is 2. The summed E-state index contributed by atoms with van der Waals surface area (Å²) in [5, 5.41) is 20.1. The Labute approximate surface area is 196 Å². The van der Waals surface area contributed by atoms with Gasteiger partial charge in [-0.1, -0.05) is 18.2 Å². The zero-order valence-electron chi connectivity index (χ0n) is 18.9. The molecular weight excluding hydrogens is 438 g/mol. The number of allylic oxidation sites excluding steroid dienone is 1. The average Bonchev–Trinajstić information content (AvgIpc) is 3.48. The van der Waals surface area contributed by atoms with E-state index >= 15 is 0 Å². The van der Waals surface area contributed by atoms with Crippen molar-refractivity contribution in [1.29, 1.82) is 0 Å². The lowest BCUT2D eigenvalue weighted by molar-refractivity contribution is -0.113. The summed E-state index contributed by atoms with van der Waals surface area (Å²) < 4.78 is 18.1. The molecule has 0 aliphatic carbocycles. The van der Waals surface area contributed by atoms with Gasteiger partial charge < -0.3 is 30.0 Å². The van der Waals surface area contributed by atoms with Crippen LogP contribution >= 0.6 is 0 Å². The number of carbonyl (C=O) groups excluding carboxylic acids is 1. The fraction of sp³-hybridized carbons (Fsp3) is 0.292. The summed E-state index contributed by atoms with van der Waals surface area (Å²) in [5.74, 6) is 2.64. The Hall–Kier alpha value is -4.05. The number of para-hydroxylation sites is 2. The van der Waals surface area contributed by atoms with Gasteiger partial charge in [-0.05, 0) is 43.2 Å². The average molecular weight is 463 g/mol. The van der Waals surface area contributed by atoms with Gasteiger partial charge in [0.2, 0.25) is 12.7 Å². The molecule has 2 aliphatic rings. The summed E-state index contributed by atoms with van der Waals surface area (Å²) >= 11 is 0. The minimum Gasteiger partial charge on any atom is -0.495 e. The van der Waals surface area contributed by atoms with Gasteiger partial charge in [0.15, 0.2) is 17.3 Å². The van der Waals surface area contributed by atoms with E-state index in [1.807, 2.05) is 37.3 Å². The van der Waals surface area contributed by atoms with E-state index < -0.39 is 6.04 Å².